The molecule has 0 spiro atoms. The molecule has 2 saturated heterocycles. The predicted molar refractivity (Wildman–Crippen MR) is 178 cm³/mol. The van der Waals surface area contributed by atoms with Crippen LogP contribution < -0.4 is 10.6 Å². The lowest BCUT2D eigenvalue weighted by Gasteiger charge is -2.54. The number of nitrogens with zero attached hydrogens (tertiary/aromatic N) is 7. The molecular formula is C31H27N9O5S3. The summed E-state index contributed by atoms with van der Waals surface area (Å²) in [5, 5.41) is 27.9. The molecule has 0 radical (unpaired) electrons. The first kappa shape index (κ1) is 32.9. The number of thioether (sulfide) groups is 2. The number of nitriles is 1. The number of β-lactam (4-membered cyclic amide) rings is 1. The summed E-state index contributed by atoms with van der Waals surface area (Å²) in [5.74, 6) is -0.990. The number of amides is 3. The van der Waals surface area contributed by atoms with Crippen LogP contribution in [0.25, 0.3) is 5.57 Å². The quantitative estimate of drug-likeness (QED) is 0.0551. The lowest BCUT2D eigenvalue weighted by molar-refractivity contribution is -0.164. The molecule has 14 nitrogen and oxygen atoms in total. The van der Waals surface area contributed by atoms with Gasteiger partial charge in [0.05, 0.1) is 17.3 Å². The fourth-order valence-electron chi connectivity index (χ4n) is 5.31. The SMILES string of the molecule is Cn1nnnc1SCC1(C(=O)OC(c2ccccc2)c2ccccc2)CS[C@@H]2C(NC(=O)C(=CC#N)c3csc(NC=O)n3)C(=O)N2C1. The molecule has 6 rings (SSSR count). The number of aryl methyl sites for hydroxylation is 1. The number of ether oxygens (including phenoxy) is 1. The number of aromatic nitrogens is 5. The average molecular weight is 702 g/mol. The fourth-order valence-corrected chi connectivity index (χ4v) is 8.68. The van der Waals surface area contributed by atoms with Crippen molar-refractivity contribution in [3.63, 3.8) is 0 Å². The van der Waals surface area contributed by atoms with E-state index in [0.717, 1.165) is 28.5 Å². The highest BCUT2D eigenvalue weighted by Crippen LogP contribution is 2.46. The van der Waals surface area contributed by atoms with Gasteiger partial charge in [-0.25, -0.2) is 9.67 Å². The Labute approximate surface area is 286 Å². The van der Waals surface area contributed by atoms with Crippen LogP contribution in [-0.4, -0.2) is 83.8 Å². The molecule has 0 saturated carbocycles. The molecule has 0 aliphatic carbocycles. The maximum atomic E-state index is 14.3. The van der Waals surface area contributed by atoms with Crippen molar-refractivity contribution in [3.8, 4) is 6.07 Å². The van der Waals surface area contributed by atoms with Crippen LogP contribution >= 0.6 is 34.9 Å². The number of anilines is 1. The molecule has 2 N–H and O–H groups in total. The smallest absolute Gasteiger partial charge is 0.316 e. The standard InChI is InChI=1S/C31H27N9O5S3/c1-39-30(36-37-38-39)48-17-31(28(44)45-24(19-8-4-2-5-9-19)20-10-6-3-7-11-20)15-40-26(43)23(27(40)47-16-31)35-25(42)21(12-13-32)22-14-46-29(34-22)33-18-41/h2-12,14,18,23-24,27H,15-17H2,1H3,(H,35,42)(H,33,34,41)/t23?,27-,31?/m1/s1. The summed E-state index contributed by atoms with van der Waals surface area (Å²) in [6.45, 7) is 0.0526. The van der Waals surface area contributed by atoms with E-state index in [-0.39, 0.29) is 40.4 Å². The molecule has 2 aliphatic heterocycles. The molecule has 4 heterocycles. The number of thiazole rings is 1. The largest absolute Gasteiger partial charge is 0.452 e. The third-order valence-corrected chi connectivity index (χ3v) is 11.4. The highest BCUT2D eigenvalue weighted by Gasteiger charge is 2.58. The number of hydrogen-bond acceptors (Lipinski definition) is 13. The summed E-state index contributed by atoms with van der Waals surface area (Å²) in [6, 6.07) is 19.9. The summed E-state index contributed by atoms with van der Waals surface area (Å²) in [6.07, 6.45) is 0.818. The van der Waals surface area contributed by atoms with Crippen molar-refractivity contribution < 1.29 is 23.9 Å². The van der Waals surface area contributed by atoms with Crippen LogP contribution in [0.4, 0.5) is 5.13 Å². The topological polar surface area (TPSA) is 185 Å². The van der Waals surface area contributed by atoms with Gasteiger partial charge in [-0.05, 0) is 21.6 Å². The molecule has 2 fully saturated rings. The molecule has 2 aromatic carbocycles. The lowest BCUT2D eigenvalue weighted by Crippen LogP contribution is -2.74. The molecule has 244 valence electrons. The molecule has 2 aliphatic rings. The van der Waals surface area contributed by atoms with Crippen molar-refractivity contribution in [2.45, 2.75) is 22.7 Å². The molecule has 48 heavy (non-hydrogen) atoms. The van der Waals surface area contributed by atoms with Crippen LogP contribution in [0.15, 0.2) is 77.3 Å². The summed E-state index contributed by atoms with van der Waals surface area (Å²) < 4.78 is 7.83. The highest BCUT2D eigenvalue weighted by atomic mass is 32.2. The van der Waals surface area contributed by atoms with Gasteiger partial charge in [0.15, 0.2) is 11.2 Å². The van der Waals surface area contributed by atoms with Gasteiger partial charge in [-0.2, -0.15) is 5.26 Å². The van der Waals surface area contributed by atoms with Crippen LogP contribution in [0, 0.1) is 16.7 Å². The van der Waals surface area contributed by atoms with E-state index in [2.05, 4.69) is 31.1 Å². The van der Waals surface area contributed by atoms with Gasteiger partial charge in [0, 0.05) is 36.6 Å². The van der Waals surface area contributed by atoms with E-state index >= 15 is 0 Å². The molecule has 17 heteroatoms. The zero-order valence-electron chi connectivity index (χ0n) is 25.3. The second-order valence-electron chi connectivity index (χ2n) is 10.9. The molecule has 2 unspecified atom stereocenters. The zero-order chi connectivity index (χ0) is 33.7. The molecule has 2 aromatic heterocycles. The number of tetrazole rings is 1. The van der Waals surface area contributed by atoms with E-state index in [4.69, 9.17) is 4.74 Å². The average Bonchev–Trinajstić information content (AvgIpc) is 3.76. The van der Waals surface area contributed by atoms with Gasteiger partial charge in [0.25, 0.3) is 5.91 Å². The molecular weight excluding hydrogens is 675 g/mol. The Morgan fingerprint density at radius 1 is 1.19 bits per heavy atom. The minimum Gasteiger partial charge on any atom is -0.452 e. The molecule has 0 bridgehead atoms. The summed E-state index contributed by atoms with van der Waals surface area (Å²) in [4.78, 5) is 57.7. The van der Waals surface area contributed by atoms with E-state index in [9.17, 15) is 24.4 Å². The van der Waals surface area contributed by atoms with E-state index in [1.54, 1.807) is 11.9 Å². The minimum absolute atomic E-state index is 0.0424. The van der Waals surface area contributed by atoms with Crippen LogP contribution in [0.1, 0.15) is 22.9 Å². The number of esters is 1. The van der Waals surface area contributed by atoms with Crippen molar-refractivity contribution in [1.29, 1.82) is 5.26 Å². The normalized spacial score (nSPS) is 20.3. The van der Waals surface area contributed by atoms with Gasteiger partial charge in [0.2, 0.25) is 17.5 Å². The van der Waals surface area contributed by atoms with Gasteiger partial charge < -0.3 is 20.3 Å². The Morgan fingerprint density at radius 3 is 2.52 bits per heavy atom. The maximum Gasteiger partial charge on any atom is 0.316 e. The van der Waals surface area contributed by atoms with Crippen molar-refractivity contribution in [1.82, 2.24) is 35.4 Å². The third kappa shape index (κ3) is 6.68. The Bertz CT molecular complexity index is 1860. The van der Waals surface area contributed by atoms with Crippen LogP contribution in [-0.2, 0) is 31.0 Å². The fraction of sp³-hybridized carbons (Fsp3) is 0.258. The Kier molecular flexibility index (Phi) is 9.85. The van der Waals surface area contributed by atoms with Gasteiger partial charge in [-0.1, -0.05) is 72.4 Å². The Morgan fingerprint density at radius 2 is 1.90 bits per heavy atom. The van der Waals surface area contributed by atoms with E-state index in [1.165, 1.54) is 33.6 Å². The highest BCUT2D eigenvalue weighted by molar-refractivity contribution is 8.00. The third-order valence-electron chi connectivity index (χ3n) is 7.77. The first-order valence-electron chi connectivity index (χ1n) is 14.5. The van der Waals surface area contributed by atoms with Crippen LogP contribution in [0.5, 0.6) is 0 Å². The van der Waals surface area contributed by atoms with Crippen LogP contribution in [0.3, 0.4) is 0 Å². The Hall–Kier alpha value is -5.05. The number of carbonyl (C=O) groups is 4. The summed E-state index contributed by atoms with van der Waals surface area (Å²) >= 11 is 3.75. The molecule has 4 aromatic rings. The van der Waals surface area contributed by atoms with Crippen molar-refractivity contribution in [2.24, 2.45) is 12.5 Å². The first-order valence-corrected chi connectivity index (χ1v) is 17.4. The van der Waals surface area contributed by atoms with Crippen LogP contribution in [0.2, 0.25) is 0 Å². The number of hydrogen-bond donors (Lipinski definition) is 2. The Balaban J connectivity index is 1.22. The van der Waals surface area contributed by atoms with Gasteiger partial charge >= 0.3 is 5.97 Å². The number of fused-ring (bicyclic) bond motifs is 1. The number of allylic oxidation sites excluding steroid dienone is 1. The predicted octanol–water partition coefficient (Wildman–Crippen LogP) is 2.65. The number of nitrogens with one attached hydrogen (secondary N) is 2. The maximum absolute atomic E-state index is 14.3. The number of carbonyl (C=O) groups excluding carboxylic acids is 4. The summed E-state index contributed by atoms with van der Waals surface area (Å²) in [5.41, 5.74) is 0.610. The summed E-state index contributed by atoms with van der Waals surface area (Å²) in [7, 11) is 1.70. The number of rotatable bonds is 12. The van der Waals surface area contributed by atoms with Crippen molar-refractivity contribution in [2.75, 3.05) is 23.4 Å². The molecule has 3 amide bonds. The number of benzene rings is 2. The first-order chi connectivity index (χ1) is 23.3. The van der Waals surface area contributed by atoms with E-state index < -0.39 is 34.8 Å². The second-order valence-corrected chi connectivity index (χ2v) is 13.8. The van der Waals surface area contributed by atoms with E-state index in [1.807, 2.05) is 66.7 Å². The van der Waals surface area contributed by atoms with Crippen molar-refractivity contribution in [3.05, 3.63) is 88.9 Å². The van der Waals surface area contributed by atoms with Gasteiger partial charge in [-0.3, -0.25) is 19.2 Å². The molecule has 3 atom stereocenters. The lowest BCUT2D eigenvalue weighted by atomic mass is 9.88. The van der Waals surface area contributed by atoms with Crippen molar-refractivity contribution >= 4 is 69.8 Å². The minimum atomic E-state index is -1.14. The van der Waals surface area contributed by atoms with Gasteiger partial charge in [-0.15, -0.1) is 28.2 Å². The monoisotopic (exact) mass is 701 g/mol. The van der Waals surface area contributed by atoms with E-state index in [0.29, 0.717) is 11.6 Å². The zero-order valence-corrected chi connectivity index (χ0v) is 27.7. The van der Waals surface area contributed by atoms with Gasteiger partial charge in [0.1, 0.15) is 16.8 Å². The second kappa shape index (κ2) is 14.4.